The summed E-state index contributed by atoms with van der Waals surface area (Å²) in [6.45, 7) is 6.04. The molecular weight excluding hydrogens is 386 g/mol. The van der Waals surface area contributed by atoms with Crippen LogP contribution < -0.4 is 0 Å². The van der Waals surface area contributed by atoms with E-state index in [-0.39, 0.29) is 5.78 Å². The summed E-state index contributed by atoms with van der Waals surface area (Å²) in [7, 11) is 0. The molecule has 0 fully saturated rings. The number of carbonyl (C=O) groups excluding carboxylic acids is 1. The van der Waals surface area contributed by atoms with Crippen molar-refractivity contribution in [3.05, 3.63) is 59.8 Å². The van der Waals surface area contributed by atoms with Crippen LogP contribution in [0.5, 0.6) is 0 Å². The molecular formula is C26H27N3O2. The number of carbonyl (C=O) groups is 1. The molecule has 1 aliphatic rings. The Bertz CT molecular complexity index is 1260. The van der Waals surface area contributed by atoms with Crippen molar-refractivity contribution in [3.8, 4) is 22.8 Å². The van der Waals surface area contributed by atoms with E-state index in [1.54, 1.807) is 6.92 Å². The molecule has 2 aromatic carbocycles. The predicted molar refractivity (Wildman–Crippen MR) is 122 cm³/mol. The summed E-state index contributed by atoms with van der Waals surface area (Å²) in [6.07, 6.45) is 5.84. The largest absolute Gasteiger partial charge is 0.345 e. The molecule has 1 aliphatic carbocycles. The van der Waals surface area contributed by atoms with Gasteiger partial charge in [0.25, 0.3) is 5.89 Å². The van der Waals surface area contributed by atoms with Crippen molar-refractivity contribution < 1.29 is 9.32 Å². The van der Waals surface area contributed by atoms with Gasteiger partial charge in [-0.05, 0) is 81.3 Å². The van der Waals surface area contributed by atoms with Crippen LogP contribution in [0.3, 0.4) is 0 Å². The van der Waals surface area contributed by atoms with Gasteiger partial charge in [0.15, 0.2) is 0 Å². The highest BCUT2D eigenvalue weighted by Gasteiger charge is 2.25. The Morgan fingerprint density at radius 1 is 1.23 bits per heavy atom. The quantitative estimate of drug-likeness (QED) is 0.383. The number of hydrogen-bond acceptors (Lipinski definition) is 4. The first-order valence-corrected chi connectivity index (χ1v) is 11.1. The predicted octanol–water partition coefficient (Wildman–Crippen LogP) is 6.34. The average Bonchev–Trinajstić information content (AvgIpc) is 3.40. The molecule has 1 unspecified atom stereocenters. The zero-order valence-electron chi connectivity index (χ0n) is 18.3. The molecule has 2 aromatic heterocycles. The lowest BCUT2D eigenvalue weighted by Crippen LogP contribution is -2.13. The number of nitrogens with zero attached hydrogens (tertiary/aromatic N) is 3. The Kier molecular flexibility index (Phi) is 4.97. The molecule has 1 atom stereocenters. The minimum Gasteiger partial charge on any atom is -0.345 e. The van der Waals surface area contributed by atoms with E-state index in [0.29, 0.717) is 30.1 Å². The molecule has 158 valence electrons. The van der Waals surface area contributed by atoms with Gasteiger partial charge in [-0.15, -0.1) is 0 Å². The van der Waals surface area contributed by atoms with Crippen LogP contribution in [0.15, 0.2) is 53.2 Å². The number of ketones is 1. The second-order valence-electron chi connectivity index (χ2n) is 8.88. The highest BCUT2D eigenvalue weighted by atomic mass is 16.5. The molecule has 0 N–H and O–H groups in total. The number of Topliss-reactive ketones (excluding diaryl/α,β-unsaturated/α-hetero) is 1. The van der Waals surface area contributed by atoms with Crippen molar-refractivity contribution in [2.24, 2.45) is 0 Å². The Morgan fingerprint density at radius 2 is 2.10 bits per heavy atom. The minimum absolute atomic E-state index is 0.242. The fraction of sp³-hybridized carbons (Fsp3) is 0.346. The van der Waals surface area contributed by atoms with Gasteiger partial charge in [0, 0.05) is 40.7 Å². The summed E-state index contributed by atoms with van der Waals surface area (Å²) in [5.74, 6) is 1.69. The lowest BCUT2D eigenvalue weighted by Gasteiger charge is -2.26. The molecule has 5 rings (SSSR count). The van der Waals surface area contributed by atoms with Crippen LogP contribution in [-0.4, -0.2) is 20.5 Å². The number of aromatic nitrogens is 3. The molecule has 4 aromatic rings. The van der Waals surface area contributed by atoms with E-state index >= 15 is 0 Å². The maximum absolute atomic E-state index is 11.7. The van der Waals surface area contributed by atoms with Crippen LogP contribution in [0.2, 0.25) is 0 Å². The molecule has 0 spiro atoms. The van der Waals surface area contributed by atoms with Gasteiger partial charge in [0.1, 0.15) is 5.78 Å². The number of fused-ring (bicyclic) bond motifs is 2. The van der Waals surface area contributed by atoms with E-state index < -0.39 is 0 Å². The van der Waals surface area contributed by atoms with Gasteiger partial charge >= 0.3 is 0 Å². The molecule has 31 heavy (non-hydrogen) atoms. The number of rotatable bonds is 5. The zero-order valence-corrected chi connectivity index (χ0v) is 18.3. The van der Waals surface area contributed by atoms with Crippen LogP contribution in [-0.2, 0) is 11.2 Å². The summed E-state index contributed by atoms with van der Waals surface area (Å²) in [4.78, 5) is 16.5. The molecule has 5 nitrogen and oxygen atoms in total. The Balaban J connectivity index is 1.50. The average molecular weight is 414 g/mol. The van der Waals surface area contributed by atoms with Crippen LogP contribution in [0.1, 0.15) is 63.1 Å². The Labute approximate surface area is 182 Å². The van der Waals surface area contributed by atoms with Crippen LogP contribution in [0.4, 0.5) is 0 Å². The van der Waals surface area contributed by atoms with E-state index in [1.807, 2.05) is 12.1 Å². The van der Waals surface area contributed by atoms with Crippen molar-refractivity contribution in [1.82, 2.24) is 14.7 Å². The summed E-state index contributed by atoms with van der Waals surface area (Å²) in [5, 5.41) is 5.47. The fourth-order valence-electron chi connectivity index (χ4n) is 4.91. The fourth-order valence-corrected chi connectivity index (χ4v) is 4.91. The Hall–Kier alpha value is -3.21. The van der Waals surface area contributed by atoms with Crippen molar-refractivity contribution >= 4 is 16.7 Å². The van der Waals surface area contributed by atoms with Gasteiger partial charge in [-0.3, -0.25) is 0 Å². The highest BCUT2D eigenvalue weighted by molar-refractivity contribution is 5.84. The molecule has 0 radical (unpaired) electrons. The normalized spacial score (nSPS) is 16.1. The minimum atomic E-state index is 0.242. The molecule has 0 saturated carbocycles. The number of hydrogen-bond donors (Lipinski definition) is 0. The van der Waals surface area contributed by atoms with Crippen LogP contribution >= 0.6 is 0 Å². The van der Waals surface area contributed by atoms with E-state index in [0.717, 1.165) is 35.8 Å². The second kappa shape index (κ2) is 7.80. The van der Waals surface area contributed by atoms with Crippen molar-refractivity contribution in [1.29, 1.82) is 0 Å². The van der Waals surface area contributed by atoms with Gasteiger partial charge in [-0.2, -0.15) is 4.98 Å². The molecule has 5 heteroatoms. The van der Waals surface area contributed by atoms with E-state index in [2.05, 4.69) is 60.1 Å². The third-order valence-electron chi connectivity index (χ3n) is 6.36. The van der Waals surface area contributed by atoms with Crippen molar-refractivity contribution in [3.63, 3.8) is 0 Å². The van der Waals surface area contributed by atoms with Crippen molar-refractivity contribution in [2.75, 3.05) is 0 Å². The SMILES string of the molecule is CC(=O)CC1CCCc2c(-c3noc(-c4ccc5c(ccn5C(C)C)c4)n3)cccc21. The first kappa shape index (κ1) is 19.7. The van der Waals surface area contributed by atoms with Gasteiger partial charge < -0.3 is 13.9 Å². The molecule has 0 aliphatic heterocycles. The maximum atomic E-state index is 11.7. The highest BCUT2D eigenvalue weighted by Crippen LogP contribution is 2.39. The smallest absolute Gasteiger partial charge is 0.258 e. The molecule has 0 saturated heterocycles. The molecule has 0 amide bonds. The first-order chi connectivity index (χ1) is 15.0. The van der Waals surface area contributed by atoms with Crippen LogP contribution in [0, 0.1) is 0 Å². The van der Waals surface area contributed by atoms with E-state index in [9.17, 15) is 4.79 Å². The number of benzene rings is 2. The zero-order chi connectivity index (χ0) is 21.5. The van der Waals surface area contributed by atoms with Gasteiger partial charge in [-0.1, -0.05) is 23.4 Å². The van der Waals surface area contributed by atoms with Crippen LogP contribution in [0.25, 0.3) is 33.7 Å². The third-order valence-corrected chi connectivity index (χ3v) is 6.36. The van der Waals surface area contributed by atoms with Gasteiger partial charge in [-0.25, -0.2) is 0 Å². The van der Waals surface area contributed by atoms with Crippen molar-refractivity contribution in [2.45, 2.75) is 58.4 Å². The lowest BCUT2D eigenvalue weighted by atomic mass is 9.78. The van der Waals surface area contributed by atoms with E-state index in [1.165, 1.54) is 16.6 Å². The van der Waals surface area contributed by atoms with Gasteiger partial charge in [0.2, 0.25) is 5.82 Å². The lowest BCUT2D eigenvalue weighted by molar-refractivity contribution is -0.117. The maximum Gasteiger partial charge on any atom is 0.258 e. The molecule has 0 bridgehead atoms. The molecule has 2 heterocycles. The summed E-state index contributed by atoms with van der Waals surface area (Å²) in [5.41, 5.74) is 5.67. The first-order valence-electron chi connectivity index (χ1n) is 11.1. The summed E-state index contributed by atoms with van der Waals surface area (Å²) in [6, 6.07) is 15.1. The Morgan fingerprint density at radius 3 is 2.90 bits per heavy atom. The topological polar surface area (TPSA) is 60.9 Å². The standard InChI is InChI=1S/C26H27N3O2/c1-16(2)29-13-12-19-15-20(10-11-24(19)29)26-27-25(28-31-26)23-9-5-7-21-18(14-17(3)30)6-4-8-22(21)23/h5,7,9-13,15-16,18H,4,6,8,14H2,1-3H3. The summed E-state index contributed by atoms with van der Waals surface area (Å²) >= 11 is 0. The monoisotopic (exact) mass is 413 g/mol. The third kappa shape index (κ3) is 3.58. The second-order valence-corrected chi connectivity index (χ2v) is 8.88. The summed E-state index contributed by atoms with van der Waals surface area (Å²) < 4.78 is 7.92. The van der Waals surface area contributed by atoms with E-state index in [4.69, 9.17) is 9.51 Å². The van der Waals surface area contributed by atoms with Gasteiger partial charge in [0.05, 0.1) is 0 Å².